The van der Waals surface area contributed by atoms with Crippen molar-refractivity contribution in [2.45, 2.75) is 18.1 Å². The monoisotopic (exact) mass is 312 g/mol. The molecule has 0 aromatic rings. The molecule has 19 heavy (non-hydrogen) atoms. The second-order valence-corrected chi connectivity index (χ2v) is 4.46. The van der Waals surface area contributed by atoms with E-state index in [0.29, 0.717) is 0 Å². The predicted octanol–water partition coefficient (Wildman–Crippen LogP) is 0.209. The molecule has 0 spiro atoms. The molecule has 0 aliphatic carbocycles. The third-order valence-electron chi connectivity index (χ3n) is 1.61. The molecule has 0 fully saturated rings. The molecule has 0 saturated heterocycles. The van der Waals surface area contributed by atoms with E-state index in [1.165, 1.54) is 6.92 Å². The van der Waals surface area contributed by atoms with Gasteiger partial charge in [-0.1, -0.05) is 0 Å². The van der Waals surface area contributed by atoms with Gasteiger partial charge < -0.3 is 9.47 Å². The molecule has 0 aliphatic heterocycles. The summed E-state index contributed by atoms with van der Waals surface area (Å²) < 4.78 is 86.4. The molecule has 0 aliphatic rings. The Balaban J connectivity index is 5.14. The Morgan fingerprint density at radius 3 is 1.95 bits per heavy atom. The zero-order valence-corrected chi connectivity index (χ0v) is 10.0. The fraction of sp³-hybridized carbons (Fsp3) is 0.714. The summed E-state index contributed by atoms with van der Waals surface area (Å²) in [6, 6.07) is 0. The molecule has 12 heteroatoms. The topological polar surface area (TPSA) is 107 Å². The molecule has 0 aromatic carbocycles. The van der Waals surface area contributed by atoms with Gasteiger partial charge in [-0.25, -0.2) is 14.0 Å². The minimum atomic E-state index is -6.50. The highest BCUT2D eigenvalue weighted by molar-refractivity contribution is 7.88. The van der Waals surface area contributed by atoms with Crippen molar-refractivity contribution in [1.29, 1.82) is 0 Å². The first-order valence-corrected chi connectivity index (χ1v) is 5.87. The molecular weight excluding hydrogens is 304 g/mol. The number of carbonyl (C=O) groups excluding carboxylic acids is 2. The molecule has 112 valence electrons. The summed E-state index contributed by atoms with van der Waals surface area (Å²) in [5.41, 5.74) is 0. The lowest BCUT2D eigenvalue weighted by Gasteiger charge is -2.22. The van der Waals surface area contributed by atoms with Crippen molar-refractivity contribution in [3.8, 4) is 0 Å². The van der Waals surface area contributed by atoms with Crippen molar-refractivity contribution in [1.82, 2.24) is 0 Å². The van der Waals surface area contributed by atoms with Crippen LogP contribution in [0.25, 0.3) is 0 Å². The molecule has 0 amide bonds. The number of carbonyl (C=O) groups is 2. The Labute approximate surface area is 104 Å². The van der Waals surface area contributed by atoms with E-state index in [1.54, 1.807) is 0 Å². The predicted molar refractivity (Wildman–Crippen MR) is 49.0 cm³/mol. The maximum atomic E-state index is 13.2. The minimum absolute atomic E-state index is 0.200. The molecular formula is C7H8F4O7S. The quantitative estimate of drug-likeness (QED) is 0.439. The van der Waals surface area contributed by atoms with Crippen molar-refractivity contribution < 1.29 is 49.6 Å². The Kier molecular flexibility index (Phi) is 5.26. The van der Waals surface area contributed by atoms with Crippen molar-refractivity contribution in [3.63, 3.8) is 0 Å². The second kappa shape index (κ2) is 5.69. The summed E-state index contributed by atoms with van der Waals surface area (Å²) >= 11 is 0. The summed E-state index contributed by atoms with van der Waals surface area (Å²) in [4.78, 5) is 21.5. The molecule has 0 radical (unpaired) electrons. The SMILES string of the molecule is CCOC(=O)COC(=O)C(F)(C(F)(F)F)S(=O)(=O)O. The lowest BCUT2D eigenvalue weighted by atomic mass is 10.4. The third kappa shape index (κ3) is 3.76. The molecule has 0 bridgehead atoms. The number of halogens is 4. The summed E-state index contributed by atoms with van der Waals surface area (Å²) in [5.74, 6) is -4.31. The molecule has 0 heterocycles. The number of rotatable bonds is 5. The Morgan fingerprint density at radius 1 is 1.16 bits per heavy atom. The molecule has 1 unspecified atom stereocenters. The summed E-state index contributed by atoms with van der Waals surface area (Å²) in [7, 11) is -6.50. The second-order valence-electron chi connectivity index (χ2n) is 2.95. The van der Waals surface area contributed by atoms with Crippen LogP contribution in [-0.2, 0) is 29.2 Å². The average molecular weight is 312 g/mol. The number of alkyl halides is 4. The number of hydrogen-bond donors (Lipinski definition) is 1. The highest BCUT2D eigenvalue weighted by Gasteiger charge is 2.72. The highest BCUT2D eigenvalue weighted by atomic mass is 32.2. The Morgan fingerprint density at radius 2 is 1.63 bits per heavy atom. The van der Waals surface area contributed by atoms with Crippen LogP contribution in [0.15, 0.2) is 0 Å². The maximum absolute atomic E-state index is 13.2. The Bertz CT molecular complexity index is 457. The highest BCUT2D eigenvalue weighted by Crippen LogP contribution is 2.39. The largest absolute Gasteiger partial charge is 0.463 e. The van der Waals surface area contributed by atoms with Crippen LogP contribution in [0.3, 0.4) is 0 Å². The van der Waals surface area contributed by atoms with E-state index in [4.69, 9.17) is 4.55 Å². The lowest BCUT2D eigenvalue weighted by molar-refractivity contribution is -0.216. The van der Waals surface area contributed by atoms with Crippen LogP contribution in [-0.4, -0.2) is 49.3 Å². The van der Waals surface area contributed by atoms with Crippen molar-refractivity contribution in [3.05, 3.63) is 0 Å². The van der Waals surface area contributed by atoms with Crippen LogP contribution in [0.2, 0.25) is 0 Å². The van der Waals surface area contributed by atoms with Gasteiger partial charge in [0.2, 0.25) is 0 Å². The molecule has 0 aromatic heterocycles. The van der Waals surface area contributed by atoms with Crippen LogP contribution in [0.4, 0.5) is 17.6 Å². The smallest absolute Gasteiger partial charge is 0.451 e. The van der Waals surface area contributed by atoms with Crippen molar-refractivity contribution in [2.24, 2.45) is 0 Å². The van der Waals surface area contributed by atoms with Gasteiger partial charge in [0.05, 0.1) is 6.61 Å². The normalized spacial score (nSPS) is 15.5. The van der Waals surface area contributed by atoms with Gasteiger partial charge in [-0.05, 0) is 6.92 Å². The van der Waals surface area contributed by atoms with Crippen molar-refractivity contribution >= 4 is 22.1 Å². The van der Waals surface area contributed by atoms with Gasteiger partial charge in [-0.3, -0.25) is 4.55 Å². The van der Waals surface area contributed by atoms with Gasteiger partial charge in [-0.2, -0.15) is 21.6 Å². The zero-order valence-electron chi connectivity index (χ0n) is 9.23. The summed E-state index contributed by atoms with van der Waals surface area (Å²) in [5, 5.41) is -5.67. The molecule has 1 atom stereocenters. The number of esters is 2. The van der Waals surface area contributed by atoms with Gasteiger partial charge in [-0.15, -0.1) is 0 Å². The fourth-order valence-corrected chi connectivity index (χ4v) is 1.35. The molecule has 0 saturated carbocycles. The van der Waals surface area contributed by atoms with Crippen molar-refractivity contribution in [2.75, 3.05) is 13.2 Å². The molecule has 7 nitrogen and oxygen atoms in total. The number of ether oxygens (including phenoxy) is 2. The van der Waals surface area contributed by atoms with E-state index < -0.39 is 39.8 Å². The fourth-order valence-electron chi connectivity index (χ4n) is 0.787. The van der Waals surface area contributed by atoms with E-state index in [2.05, 4.69) is 9.47 Å². The lowest BCUT2D eigenvalue weighted by Crippen LogP contribution is -2.55. The average Bonchev–Trinajstić information content (AvgIpc) is 2.21. The van der Waals surface area contributed by atoms with Crippen LogP contribution in [0.1, 0.15) is 6.92 Å². The van der Waals surface area contributed by atoms with Crippen LogP contribution < -0.4 is 0 Å². The summed E-state index contributed by atoms with van der Waals surface area (Å²) in [6.07, 6.45) is -6.29. The van der Waals surface area contributed by atoms with Gasteiger partial charge in [0.15, 0.2) is 6.61 Å². The van der Waals surface area contributed by atoms with E-state index in [-0.39, 0.29) is 6.61 Å². The minimum Gasteiger partial charge on any atom is -0.463 e. The van der Waals surface area contributed by atoms with E-state index in [9.17, 15) is 35.6 Å². The van der Waals surface area contributed by atoms with E-state index in [1.807, 2.05) is 0 Å². The molecule has 0 rings (SSSR count). The first-order chi connectivity index (χ1) is 8.38. The van der Waals surface area contributed by atoms with Crippen LogP contribution in [0.5, 0.6) is 0 Å². The third-order valence-corrected chi connectivity index (χ3v) is 2.72. The standard InChI is InChI=1S/C7H8F4O7S/c1-2-17-4(12)3-18-5(13)6(8,7(9,10)11)19(14,15)16/h2-3H2,1H3,(H,14,15,16). The van der Waals surface area contributed by atoms with E-state index in [0.717, 1.165) is 0 Å². The summed E-state index contributed by atoms with van der Waals surface area (Å²) in [6.45, 7) is -0.314. The van der Waals surface area contributed by atoms with Gasteiger partial charge in [0.1, 0.15) is 0 Å². The number of hydrogen-bond acceptors (Lipinski definition) is 6. The first-order valence-electron chi connectivity index (χ1n) is 4.43. The van der Waals surface area contributed by atoms with Crippen LogP contribution >= 0.6 is 0 Å². The van der Waals surface area contributed by atoms with Gasteiger partial charge in [0, 0.05) is 0 Å². The van der Waals surface area contributed by atoms with Crippen LogP contribution in [0, 0.1) is 0 Å². The molecule has 1 N–H and O–H groups in total. The van der Waals surface area contributed by atoms with Gasteiger partial charge >= 0.3 is 33.2 Å². The van der Waals surface area contributed by atoms with E-state index >= 15 is 0 Å². The first kappa shape index (κ1) is 17.6. The van der Waals surface area contributed by atoms with Gasteiger partial charge in [0.25, 0.3) is 0 Å². The zero-order chi connectivity index (χ0) is 15.5. The Hall–Kier alpha value is -1.43. The maximum Gasteiger partial charge on any atom is 0.451 e.